The third-order valence-electron chi connectivity index (χ3n) is 14.7. The fourth-order valence-electron chi connectivity index (χ4n) is 10.8. The number of anilines is 3. The van der Waals surface area contributed by atoms with E-state index in [-0.39, 0.29) is 29.6 Å². The van der Waals surface area contributed by atoms with E-state index in [1.165, 1.54) is 0 Å². The second-order valence-corrected chi connectivity index (χ2v) is 18.9. The zero-order valence-electron chi connectivity index (χ0n) is 35.0. The number of carbonyl (C=O) groups is 5. The van der Waals surface area contributed by atoms with Gasteiger partial charge in [0.2, 0.25) is 17.5 Å². The van der Waals surface area contributed by atoms with Crippen molar-refractivity contribution in [2.75, 3.05) is 86.7 Å². The van der Waals surface area contributed by atoms with Gasteiger partial charge in [0.1, 0.15) is 6.04 Å². The molecule has 61 heavy (non-hydrogen) atoms. The predicted octanol–water partition coefficient (Wildman–Crippen LogP) is 6.10. The molecule has 5 amide bonds. The van der Waals surface area contributed by atoms with Gasteiger partial charge in [-0.2, -0.15) is 0 Å². The van der Waals surface area contributed by atoms with Gasteiger partial charge in [0.05, 0.1) is 17.7 Å². The van der Waals surface area contributed by atoms with Gasteiger partial charge in [-0.25, -0.2) is 4.85 Å². The number of carbonyl (C=O) groups excluding carboxylic acids is 5. The van der Waals surface area contributed by atoms with Crippen molar-refractivity contribution in [3.8, 4) is 0 Å². The Morgan fingerprint density at radius 1 is 0.754 bits per heavy atom. The van der Waals surface area contributed by atoms with Crippen molar-refractivity contribution in [2.45, 2.75) is 58.4 Å². The first-order chi connectivity index (χ1) is 29.3. The number of fused-ring (bicyclic) bond motifs is 1. The van der Waals surface area contributed by atoms with Crippen LogP contribution in [0.3, 0.4) is 0 Å². The minimum atomic E-state index is -0.973. The molecule has 5 saturated heterocycles. The highest BCUT2D eigenvalue weighted by Gasteiger charge is 2.53. The molecule has 6 heterocycles. The van der Waals surface area contributed by atoms with Gasteiger partial charge < -0.3 is 19.6 Å². The molecule has 3 aromatic carbocycles. The van der Waals surface area contributed by atoms with Crippen LogP contribution in [0.5, 0.6) is 0 Å². The molecule has 1 spiro atoms. The number of hydrogen-bond acceptors (Lipinski definition) is 9. The summed E-state index contributed by atoms with van der Waals surface area (Å²) >= 11 is 6.41. The lowest BCUT2D eigenvalue weighted by molar-refractivity contribution is -0.136. The number of rotatable bonds is 7. The first kappa shape index (κ1) is 40.9. The Morgan fingerprint density at radius 2 is 1.39 bits per heavy atom. The highest BCUT2D eigenvalue weighted by Crippen LogP contribution is 2.54. The second kappa shape index (κ2) is 16.1. The van der Waals surface area contributed by atoms with Crippen LogP contribution < -0.4 is 20.0 Å². The molecule has 3 aromatic rings. The SMILES string of the molecule is [C-]#[N+]c1ccc(N2CC(C)(C)C3(CCN(c4ccc(C(=O)N5CCN(CC6CCN(c7ccc8c(c7)C(=O)N(C7CCC(=O)NC7=O)C8=O)CC6)CC5)cc4)CC3)C2)cc1Cl. The summed E-state index contributed by atoms with van der Waals surface area (Å²) in [4.78, 5) is 80.4. The fourth-order valence-corrected chi connectivity index (χ4v) is 11.0. The maximum Gasteiger partial charge on any atom is 0.262 e. The monoisotopic (exact) mass is 844 g/mol. The van der Waals surface area contributed by atoms with Crippen LogP contribution in [0.1, 0.15) is 83.4 Å². The lowest BCUT2D eigenvalue weighted by Crippen LogP contribution is -2.54. The number of benzene rings is 3. The van der Waals surface area contributed by atoms with E-state index in [0.29, 0.717) is 40.8 Å². The molecular weight excluding hydrogens is 792 g/mol. The van der Waals surface area contributed by atoms with Crippen LogP contribution >= 0.6 is 11.6 Å². The van der Waals surface area contributed by atoms with E-state index < -0.39 is 29.7 Å². The normalized spacial score (nSPS) is 23.1. The quantitative estimate of drug-likeness (QED) is 0.222. The van der Waals surface area contributed by atoms with E-state index in [9.17, 15) is 24.0 Å². The van der Waals surface area contributed by atoms with Crippen LogP contribution in [-0.2, 0) is 9.59 Å². The van der Waals surface area contributed by atoms with Crippen LogP contribution in [0.2, 0.25) is 5.02 Å². The molecule has 1 unspecified atom stereocenters. The maximum absolute atomic E-state index is 13.6. The zero-order chi connectivity index (χ0) is 42.6. The first-order valence-corrected chi connectivity index (χ1v) is 22.1. The molecular formula is C47H53ClN8O5. The van der Waals surface area contributed by atoms with Gasteiger partial charge in [0.15, 0.2) is 0 Å². The zero-order valence-corrected chi connectivity index (χ0v) is 35.8. The number of imide groups is 2. The van der Waals surface area contributed by atoms with E-state index in [2.05, 4.69) is 55.7 Å². The molecule has 0 radical (unpaired) electrons. The van der Waals surface area contributed by atoms with Gasteiger partial charge in [-0.1, -0.05) is 31.5 Å². The summed E-state index contributed by atoms with van der Waals surface area (Å²) in [5.41, 5.74) is 5.28. The van der Waals surface area contributed by atoms with Crippen LogP contribution in [0.15, 0.2) is 60.7 Å². The van der Waals surface area contributed by atoms with Gasteiger partial charge in [-0.05, 0) is 103 Å². The van der Waals surface area contributed by atoms with Crippen molar-refractivity contribution in [3.63, 3.8) is 0 Å². The molecule has 6 aliphatic heterocycles. The Labute approximate surface area is 362 Å². The van der Waals surface area contributed by atoms with Crippen LogP contribution in [0.25, 0.3) is 4.85 Å². The molecule has 0 aliphatic carbocycles. The molecule has 318 valence electrons. The number of amides is 5. The number of nitrogens with one attached hydrogen (secondary N) is 1. The van der Waals surface area contributed by atoms with Crippen LogP contribution in [-0.4, -0.2) is 122 Å². The van der Waals surface area contributed by atoms with E-state index in [1.54, 1.807) is 12.1 Å². The predicted molar refractivity (Wildman–Crippen MR) is 234 cm³/mol. The summed E-state index contributed by atoms with van der Waals surface area (Å²) in [6, 6.07) is 18.4. The Morgan fingerprint density at radius 3 is 2.07 bits per heavy atom. The Hall–Kier alpha value is -5.45. The summed E-state index contributed by atoms with van der Waals surface area (Å²) < 4.78 is 0. The van der Waals surface area contributed by atoms with Crippen molar-refractivity contribution in [1.29, 1.82) is 0 Å². The minimum absolute atomic E-state index is 0.0872. The number of hydrogen-bond donors (Lipinski definition) is 1. The summed E-state index contributed by atoms with van der Waals surface area (Å²) in [5, 5.41) is 2.76. The standard InChI is InChI=1S/C47H53ClN8O5/c1-46(2)29-55(35-9-11-39(49-3)38(48)27-35)30-47(46)16-20-53(21-17-47)33-6-4-32(5-7-33)43(59)54-24-22-51(23-25-54)28-31-14-18-52(19-15-31)34-8-10-36-37(26-34)45(61)56(44(36)60)40-12-13-41(57)50-42(40)58/h4-11,26-27,31,40H,12-25,28-30H2,1-2H3,(H,50,57,58). The lowest BCUT2D eigenvalue weighted by atomic mass is 9.63. The molecule has 6 aliphatic rings. The molecule has 9 rings (SSSR count). The molecule has 0 bridgehead atoms. The molecule has 1 N–H and O–H groups in total. The molecule has 0 saturated carbocycles. The van der Waals surface area contributed by atoms with E-state index in [0.717, 1.165) is 112 Å². The molecule has 0 aromatic heterocycles. The number of halogens is 1. The molecule has 13 nitrogen and oxygen atoms in total. The molecule has 14 heteroatoms. The van der Waals surface area contributed by atoms with Gasteiger partial charge in [-0.3, -0.25) is 39.1 Å². The van der Waals surface area contributed by atoms with E-state index >= 15 is 0 Å². The molecule has 1 atom stereocenters. The van der Waals surface area contributed by atoms with Crippen LogP contribution in [0, 0.1) is 23.3 Å². The van der Waals surface area contributed by atoms with E-state index in [4.69, 9.17) is 18.2 Å². The Bertz CT molecular complexity index is 2300. The lowest BCUT2D eigenvalue weighted by Gasteiger charge is -2.47. The summed E-state index contributed by atoms with van der Waals surface area (Å²) in [5.74, 6) is -1.36. The first-order valence-electron chi connectivity index (χ1n) is 21.7. The van der Waals surface area contributed by atoms with Gasteiger partial charge in [-0.15, -0.1) is 0 Å². The minimum Gasteiger partial charge on any atom is -0.371 e. The number of piperidine rings is 3. The number of nitrogens with zero attached hydrogens (tertiary/aromatic N) is 7. The van der Waals surface area contributed by atoms with Crippen molar-refractivity contribution < 1.29 is 24.0 Å². The van der Waals surface area contributed by atoms with Crippen molar-refractivity contribution >= 4 is 63.9 Å². The Kier molecular flexibility index (Phi) is 10.8. The van der Waals surface area contributed by atoms with Crippen molar-refractivity contribution in [1.82, 2.24) is 20.0 Å². The van der Waals surface area contributed by atoms with Gasteiger partial charge >= 0.3 is 0 Å². The third-order valence-corrected chi connectivity index (χ3v) is 15.0. The topological polar surface area (TPSA) is 121 Å². The van der Waals surface area contributed by atoms with Crippen molar-refractivity contribution in [3.05, 3.63) is 93.8 Å². The molecule has 5 fully saturated rings. The fraction of sp³-hybridized carbons (Fsp3) is 0.489. The summed E-state index contributed by atoms with van der Waals surface area (Å²) in [7, 11) is 0. The average Bonchev–Trinajstić information content (AvgIpc) is 3.67. The van der Waals surface area contributed by atoms with Crippen molar-refractivity contribution in [2.24, 2.45) is 16.7 Å². The Balaban J connectivity index is 0.725. The average molecular weight is 845 g/mol. The highest BCUT2D eigenvalue weighted by molar-refractivity contribution is 6.33. The summed E-state index contributed by atoms with van der Waals surface area (Å²) in [6.07, 6.45) is 4.40. The third kappa shape index (κ3) is 7.63. The maximum atomic E-state index is 13.6. The van der Waals surface area contributed by atoms with Crippen LogP contribution in [0.4, 0.5) is 22.7 Å². The smallest absolute Gasteiger partial charge is 0.262 e. The van der Waals surface area contributed by atoms with Gasteiger partial charge in [0, 0.05) is 106 Å². The second-order valence-electron chi connectivity index (χ2n) is 18.5. The highest BCUT2D eigenvalue weighted by atomic mass is 35.5. The largest absolute Gasteiger partial charge is 0.371 e. The van der Waals surface area contributed by atoms with Gasteiger partial charge in [0.25, 0.3) is 17.7 Å². The number of piperazine rings is 1. The van der Waals surface area contributed by atoms with E-state index in [1.807, 2.05) is 41.3 Å². The summed E-state index contributed by atoms with van der Waals surface area (Å²) in [6.45, 7) is 21.7.